The highest BCUT2D eigenvalue weighted by atomic mass is 35.5. The number of aryl methyl sites for hydroxylation is 1. The van der Waals surface area contributed by atoms with E-state index in [0.717, 1.165) is 12.3 Å². The summed E-state index contributed by atoms with van der Waals surface area (Å²) in [6.45, 7) is 3.25. The molecule has 0 unspecified atom stereocenters. The topological polar surface area (TPSA) is 111 Å². The minimum atomic E-state index is -3.40. The highest BCUT2D eigenvalue weighted by Gasteiger charge is 2.21. The third-order valence-corrected chi connectivity index (χ3v) is 5.16. The molecule has 1 heterocycles. The first kappa shape index (κ1) is 22.6. The highest BCUT2D eigenvalue weighted by molar-refractivity contribution is 7.92. The molecular weight excluding hydrogens is 449 g/mol. The third kappa shape index (κ3) is 5.74. The Bertz CT molecular complexity index is 1210. The van der Waals surface area contributed by atoms with Crippen molar-refractivity contribution in [1.82, 2.24) is 5.16 Å². The van der Waals surface area contributed by atoms with Crippen molar-refractivity contribution < 1.29 is 26.9 Å². The summed E-state index contributed by atoms with van der Waals surface area (Å²) in [5.41, 5.74) is 2.10. The molecule has 0 aliphatic rings. The van der Waals surface area contributed by atoms with Gasteiger partial charge >= 0.3 is 6.09 Å². The van der Waals surface area contributed by atoms with E-state index in [9.17, 15) is 17.6 Å². The summed E-state index contributed by atoms with van der Waals surface area (Å²) in [4.78, 5) is 12.4. The molecular formula is C20H19ClFN3O5S. The van der Waals surface area contributed by atoms with Gasteiger partial charge in [0.1, 0.15) is 23.3 Å². The SMILES string of the molecule is Cc1noc(-c2ccc(NS(C)(=O)=O)cc2)c1NC(=O)O[C@H](C)c1ccc(F)cc1Cl. The molecule has 2 N–H and O–H groups in total. The van der Waals surface area contributed by atoms with Crippen LogP contribution in [0.2, 0.25) is 5.02 Å². The average Bonchev–Trinajstić information content (AvgIpc) is 3.01. The maximum atomic E-state index is 13.2. The maximum absolute atomic E-state index is 13.2. The fraction of sp³-hybridized carbons (Fsp3) is 0.200. The molecule has 0 fully saturated rings. The first-order valence-electron chi connectivity index (χ1n) is 9.00. The number of nitrogens with zero attached hydrogens (tertiary/aromatic N) is 1. The van der Waals surface area contributed by atoms with Gasteiger partial charge in [-0.2, -0.15) is 0 Å². The Hall–Kier alpha value is -3.11. The molecule has 3 aromatic rings. The smallest absolute Gasteiger partial charge is 0.412 e. The van der Waals surface area contributed by atoms with Gasteiger partial charge in [-0.05, 0) is 50.2 Å². The summed E-state index contributed by atoms with van der Waals surface area (Å²) in [5.74, 6) is -0.222. The lowest BCUT2D eigenvalue weighted by Crippen LogP contribution is -2.17. The van der Waals surface area contributed by atoms with Gasteiger partial charge in [-0.3, -0.25) is 10.0 Å². The van der Waals surface area contributed by atoms with Crippen LogP contribution in [0.1, 0.15) is 24.3 Å². The highest BCUT2D eigenvalue weighted by Crippen LogP contribution is 2.33. The number of aromatic nitrogens is 1. The van der Waals surface area contributed by atoms with Crippen molar-refractivity contribution in [2.45, 2.75) is 20.0 Å². The predicted octanol–water partition coefficient (Wildman–Crippen LogP) is 5.12. The molecule has 31 heavy (non-hydrogen) atoms. The monoisotopic (exact) mass is 467 g/mol. The second kappa shape index (κ2) is 8.94. The number of carbonyl (C=O) groups is 1. The van der Waals surface area contributed by atoms with Gasteiger partial charge in [0.25, 0.3) is 0 Å². The zero-order valence-electron chi connectivity index (χ0n) is 16.8. The molecule has 1 atom stereocenters. The van der Waals surface area contributed by atoms with Crippen molar-refractivity contribution in [2.24, 2.45) is 0 Å². The number of halogens is 2. The zero-order valence-corrected chi connectivity index (χ0v) is 18.3. The summed E-state index contributed by atoms with van der Waals surface area (Å²) in [5, 5.41) is 6.61. The van der Waals surface area contributed by atoms with Gasteiger partial charge in [0, 0.05) is 16.8 Å². The van der Waals surface area contributed by atoms with Crippen LogP contribution in [0.3, 0.4) is 0 Å². The Morgan fingerprint density at radius 3 is 2.52 bits per heavy atom. The van der Waals surface area contributed by atoms with E-state index < -0.39 is 28.0 Å². The molecule has 0 aliphatic heterocycles. The summed E-state index contributed by atoms with van der Waals surface area (Å²) in [6.07, 6.45) is -0.469. The van der Waals surface area contributed by atoms with E-state index in [2.05, 4.69) is 15.2 Å². The van der Waals surface area contributed by atoms with Gasteiger partial charge in [-0.15, -0.1) is 0 Å². The Balaban J connectivity index is 1.75. The number of sulfonamides is 1. The van der Waals surface area contributed by atoms with Crippen molar-refractivity contribution in [3.05, 3.63) is 64.6 Å². The fourth-order valence-corrected chi connectivity index (χ4v) is 3.69. The minimum Gasteiger partial charge on any atom is -0.441 e. The molecule has 0 aliphatic carbocycles. The maximum Gasteiger partial charge on any atom is 0.412 e. The normalized spacial score (nSPS) is 12.3. The number of carbonyl (C=O) groups excluding carboxylic acids is 1. The Morgan fingerprint density at radius 1 is 1.23 bits per heavy atom. The van der Waals surface area contributed by atoms with Crippen LogP contribution in [-0.2, 0) is 14.8 Å². The lowest BCUT2D eigenvalue weighted by molar-refractivity contribution is 0.121. The number of amides is 1. The van der Waals surface area contributed by atoms with E-state index in [1.165, 1.54) is 12.1 Å². The number of rotatable bonds is 6. The molecule has 0 saturated heterocycles. The van der Waals surface area contributed by atoms with E-state index in [0.29, 0.717) is 28.2 Å². The van der Waals surface area contributed by atoms with Crippen LogP contribution in [0.5, 0.6) is 0 Å². The molecule has 2 aromatic carbocycles. The number of hydrogen-bond donors (Lipinski definition) is 2. The second-order valence-corrected chi connectivity index (χ2v) is 8.92. The average molecular weight is 468 g/mol. The van der Waals surface area contributed by atoms with Gasteiger partial charge in [-0.1, -0.05) is 22.8 Å². The van der Waals surface area contributed by atoms with Crippen molar-refractivity contribution >= 4 is 39.1 Å². The molecule has 11 heteroatoms. The van der Waals surface area contributed by atoms with Crippen molar-refractivity contribution in [1.29, 1.82) is 0 Å². The van der Waals surface area contributed by atoms with Gasteiger partial charge in [-0.25, -0.2) is 17.6 Å². The minimum absolute atomic E-state index is 0.143. The number of benzene rings is 2. The first-order valence-corrected chi connectivity index (χ1v) is 11.3. The lowest BCUT2D eigenvalue weighted by Gasteiger charge is -2.15. The number of ether oxygens (including phenoxy) is 1. The van der Waals surface area contributed by atoms with Gasteiger partial charge in [0.2, 0.25) is 10.0 Å². The number of hydrogen-bond acceptors (Lipinski definition) is 6. The Kier molecular flexibility index (Phi) is 6.51. The molecule has 0 radical (unpaired) electrons. The van der Waals surface area contributed by atoms with Crippen molar-refractivity contribution in [3.8, 4) is 11.3 Å². The Labute approximate surface area is 183 Å². The standard InChI is InChI=1S/C20H19ClFN3O5S/c1-11-18(23-20(26)29-12(2)16-9-6-14(22)10-17(16)21)19(30-24-11)13-4-7-15(8-5-13)25-31(3,27)28/h4-10,12,25H,1-3H3,(H,23,26)/t12-/m1/s1. The largest absolute Gasteiger partial charge is 0.441 e. The van der Waals surface area contributed by atoms with Crippen molar-refractivity contribution in [2.75, 3.05) is 16.3 Å². The molecule has 0 saturated carbocycles. The van der Waals surface area contributed by atoms with Crippen LogP contribution >= 0.6 is 11.6 Å². The third-order valence-electron chi connectivity index (χ3n) is 4.22. The molecule has 164 valence electrons. The van der Waals surface area contributed by atoms with Crippen LogP contribution < -0.4 is 10.0 Å². The second-order valence-electron chi connectivity index (χ2n) is 6.76. The Morgan fingerprint density at radius 2 is 1.90 bits per heavy atom. The molecule has 8 nitrogen and oxygen atoms in total. The van der Waals surface area contributed by atoms with E-state index in [1.807, 2.05) is 0 Å². The fourth-order valence-electron chi connectivity index (χ4n) is 2.80. The van der Waals surface area contributed by atoms with Crippen molar-refractivity contribution in [3.63, 3.8) is 0 Å². The predicted molar refractivity (Wildman–Crippen MR) is 115 cm³/mol. The molecule has 0 spiro atoms. The first-order chi connectivity index (χ1) is 14.5. The van der Waals surface area contributed by atoms with Gasteiger partial charge in [0.15, 0.2) is 5.76 Å². The molecule has 1 amide bonds. The van der Waals surface area contributed by atoms with E-state index >= 15 is 0 Å². The van der Waals surface area contributed by atoms with E-state index in [4.69, 9.17) is 20.9 Å². The summed E-state index contributed by atoms with van der Waals surface area (Å²) in [7, 11) is -3.40. The number of nitrogens with one attached hydrogen (secondary N) is 2. The molecule has 0 bridgehead atoms. The van der Waals surface area contributed by atoms with Crippen LogP contribution in [0.15, 0.2) is 47.0 Å². The molecule has 3 rings (SSSR count). The lowest BCUT2D eigenvalue weighted by atomic mass is 10.1. The number of anilines is 2. The quantitative estimate of drug-likeness (QED) is 0.520. The van der Waals surface area contributed by atoms with E-state index in [-0.39, 0.29) is 10.8 Å². The van der Waals surface area contributed by atoms with E-state index in [1.54, 1.807) is 38.1 Å². The van der Waals surface area contributed by atoms with Crippen LogP contribution in [-0.4, -0.2) is 25.9 Å². The summed E-state index contributed by atoms with van der Waals surface area (Å²) < 4.78 is 48.9. The summed E-state index contributed by atoms with van der Waals surface area (Å²) in [6, 6.07) is 10.1. The summed E-state index contributed by atoms with van der Waals surface area (Å²) >= 11 is 6.01. The molecule has 1 aromatic heterocycles. The van der Waals surface area contributed by atoms with Gasteiger partial charge in [0.05, 0.1) is 11.3 Å². The van der Waals surface area contributed by atoms with Crippen LogP contribution in [0, 0.1) is 12.7 Å². The van der Waals surface area contributed by atoms with Crippen LogP contribution in [0.4, 0.5) is 20.6 Å². The zero-order chi connectivity index (χ0) is 22.8. The van der Waals surface area contributed by atoms with Gasteiger partial charge < -0.3 is 9.26 Å². The van der Waals surface area contributed by atoms with Crippen LogP contribution in [0.25, 0.3) is 11.3 Å².